The van der Waals surface area contributed by atoms with Crippen LogP contribution in [0.3, 0.4) is 0 Å². The SMILES string of the molecule is COC(=O)[C@@H]1Cc2c([nH]c3ccc(OC)cc23)CN1C(=O)OC(C)(C)C. The molecule has 2 aromatic rings. The molecule has 2 heterocycles. The number of carbonyl (C=O) groups is 2. The number of fused-ring (bicyclic) bond motifs is 3. The molecular weight excluding hydrogens is 336 g/mol. The Hall–Kier alpha value is -2.70. The molecule has 0 radical (unpaired) electrons. The van der Waals surface area contributed by atoms with E-state index in [-0.39, 0.29) is 6.54 Å². The smallest absolute Gasteiger partial charge is 0.411 e. The molecule has 1 atom stereocenters. The lowest BCUT2D eigenvalue weighted by Crippen LogP contribution is -2.50. The minimum Gasteiger partial charge on any atom is -0.497 e. The van der Waals surface area contributed by atoms with E-state index >= 15 is 0 Å². The Bertz CT molecular complexity index is 849. The van der Waals surface area contributed by atoms with Crippen LogP contribution >= 0.6 is 0 Å². The van der Waals surface area contributed by atoms with E-state index in [2.05, 4.69) is 4.98 Å². The average molecular weight is 360 g/mol. The zero-order chi connectivity index (χ0) is 19.1. The Morgan fingerprint density at radius 3 is 2.58 bits per heavy atom. The van der Waals surface area contributed by atoms with E-state index in [9.17, 15) is 9.59 Å². The highest BCUT2D eigenvalue weighted by Crippen LogP contribution is 2.33. The van der Waals surface area contributed by atoms with Crippen LogP contribution in [-0.2, 0) is 27.2 Å². The summed E-state index contributed by atoms with van der Waals surface area (Å²) in [6.45, 7) is 5.63. The van der Waals surface area contributed by atoms with E-state index in [0.29, 0.717) is 6.42 Å². The number of hydrogen-bond donors (Lipinski definition) is 1. The standard InChI is InChI=1S/C19H24N2O5/c1-19(2,3)26-18(23)21-10-15-13(9-16(21)17(22)25-5)12-8-11(24-4)6-7-14(12)20-15/h6-8,16,20H,9-10H2,1-5H3/t16-/m0/s1. The molecule has 0 fully saturated rings. The fourth-order valence-corrected chi connectivity index (χ4v) is 3.22. The molecule has 7 heteroatoms. The van der Waals surface area contributed by atoms with E-state index in [4.69, 9.17) is 14.2 Å². The second kappa shape index (κ2) is 6.55. The first-order valence-corrected chi connectivity index (χ1v) is 8.48. The summed E-state index contributed by atoms with van der Waals surface area (Å²) in [7, 11) is 2.94. The molecule has 1 aliphatic rings. The summed E-state index contributed by atoms with van der Waals surface area (Å²) >= 11 is 0. The maximum absolute atomic E-state index is 12.6. The first-order valence-electron chi connectivity index (χ1n) is 8.48. The van der Waals surface area contributed by atoms with Gasteiger partial charge >= 0.3 is 12.1 Å². The summed E-state index contributed by atoms with van der Waals surface area (Å²) < 4.78 is 15.7. The number of esters is 1. The molecule has 1 N–H and O–H groups in total. The molecule has 3 rings (SSSR count). The fraction of sp³-hybridized carbons (Fsp3) is 0.474. The summed E-state index contributed by atoms with van der Waals surface area (Å²) in [5.41, 5.74) is 2.17. The van der Waals surface area contributed by atoms with Crippen LogP contribution in [0, 0.1) is 0 Å². The highest BCUT2D eigenvalue weighted by Gasteiger charge is 2.39. The number of methoxy groups -OCH3 is 2. The zero-order valence-corrected chi connectivity index (χ0v) is 15.7. The minimum absolute atomic E-state index is 0.251. The maximum Gasteiger partial charge on any atom is 0.411 e. The van der Waals surface area contributed by atoms with Gasteiger partial charge in [-0.3, -0.25) is 4.90 Å². The van der Waals surface area contributed by atoms with Crippen LogP contribution in [-0.4, -0.2) is 47.8 Å². The van der Waals surface area contributed by atoms with Gasteiger partial charge in [0.15, 0.2) is 0 Å². The summed E-state index contributed by atoms with van der Waals surface area (Å²) in [4.78, 5) is 29.7. The van der Waals surface area contributed by atoms with Crippen LogP contribution in [0.5, 0.6) is 5.75 Å². The number of rotatable bonds is 2. The number of nitrogens with zero attached hydrogens (tertiary/aromatic N) is 1. The van der Waals surface area contributed by atoms with Gasteiger partial charge in [0.2, 0.25) is 0 Å². The van der Waals surface area contributed by atoms with Crippen molar-refractivity contribution in [2.45, 2.75) is 45.4 Å². The number of ether oxygens (including phenoxy) is 3. The van der Waals surface area contributed by atoms with Crippen molar-refractivity contribution in [3.05, 3.63) is 29.5 Å². The van der Waals surface area contributed by atoms with Gasteiger partial charge < -0.3 is 19.2 Å². The van der Waals surface area contributed by atoms with Gasteiger partial charge in [-0.05, 0) is 44.5 Å². The van der Waals surface area contributed by atoms with Crippen LogP contribution in [0.15, 0.2) is 18.2 Å². The van der Waals surface area contributed by atoms with Crippen molar-refractivity contribution in [3.63, 3.8) is 0 Å². The molecule has 1 aromatic heterocycles. The van der Waals surface area contributed by atoms with E-state index in [0.717, 1.165) is 27.9 Å². The number of benzene rings is 1. The lowest BCUT2D eigenvalue weighted by molar-refractivity contribution is -0.147. The number of hydrogen-bond acceptors (Lipinski definition) is 5. The second-order valence-electron chi connectivity index (χ2n) is 7.34. The summed E-state index contributed by atoms with van der Waals surface area (Å²) in [6.07, 6.45) is -0.177. The molecule has 7 nitrogen and oxygen atoms in total. The summed E-state index contributed by atoms with van der Waals surface area (Å²) in [5.74, 6) is 0.280. The normalized spacial score (nSPS) is 17.0. The summed E-state index contributed by atoms with van der Waals surface area (Å²) in [5, 5.41) is 0.983. The quantitative estimate of drug-likeness (QED) is 0.833. The van der Waals surface area contributed by atoms with Crippen LogP contribution < -0.4 is 4.74 Å². The molecule has 0 spiro atoms. The number of carbonyl (C=O) groups excluding carboxylic acids is 2. The van der Waals surface area contributed by atoms with Crippen molar-refractivity contribution in [3.8, 4) is 5.75 Å². The van der Waals surface area contributed by atoms with E-state index in [1.165, 1.54) is 12.0 Å². The monoisotopic (exact) mass is 360 g/mol. The Balaban J connectivity index is 2.01. The molecule has 1 aromatic carbocycles. The third-order valence-corrected chi connectivity index (χ3v) is 4.41. The van der Waals surface area contributed by atoms with E-state index in [1.807, 2.05) is 18.2 Å². The minimum atomic E-state index is -0.729. The van der Waals surface area contributed by atoms with Gasteiger partial charge in [-0.15, -0.1) is 0 Å². The van der Waals surface area contributed by atoms with Gasteiger partial charge in [0.05, 0.1) is 20.8 Å². The number of aromatic amines is 1. The second-order valence-corrected chi connectivity index (χ2v) is 7.34. The third kappa shape index (κ3) is 3.34. The molecule has 140 valence electrons. The number of H-pyrrole nitrogens is 1. The zero-order valence-electron chi connectivity index (χ0n) is 15.7. The lowest BCUT2D eigenvalue weighted by Gasteiger charge is -2.35. The maximum atomic E-state index is 12.6. The molecule has 0 aliphatic carbocycles. The van der Waals surface area contributed by atoms with Crippen molar-refractivity contribution >= 4 is 23.0 Å². The van der Waals surface area contributed by atoms with E-state index < -0.39 is 23.7 Å². The molecule has 1 amide bonds. The molecule has 1 aliphatic heterocycles. The van der Waals surface area contributed by atoms with Gasteiger partial charge in [0.1, 0.15) is 17.4 Å². The van der Waals surface area contributed by atoms with Gasteiger partial charge in [0.25, 0.3) is 0 Å². The largest absolute Gasteiger partial charge is 0.497 e. The topological polar surface area (TPSA) is 80.9 Å². The molecule has 0 unspecified atom stereocenters. The number of aromatic nitrogens is 1. The Morgan fingerprint density at radius 1 is 1.23 bits per heavy atom. The van der Waals surface area contributed by atoms with Crippen molar-refractivity contribution in [1.82, 2.24) is 9.88 Å². The first-order chi connectivity index (χ1) is 12.2. The van der Waals surface area contributed by atoms with Crippen LogP contribution in [0.2, 0.25) is 0 Å². The van der Waals surface area contributed by atoms with Crippen LogP contribution in [0.4, 0.5) is 4.79 Å². The van der Waals surface area contributed by atoms with Crippen LogP contribution in [0.25, 0.3) is 10.9 Å². The number of amides is 1. The predicted octanol–water partition coefficient (Wildman–Crippen LogP) is 3.01. The Morgan fingerprint density at radius 2 is 1.96 bits per heavy atom. The van der Waals surface area contributed by atoms with Crippen molar-refractivity contribution in [2.75, 3.05) is 14.2 Å². The fourth-order valence-electron chi connectivity index (χ4n) is 3.22. The van der Waals surface area contributed by atoms with Gasteiger partial charge in [-0.1, -0.05) is 0 Å². The van der Waals surface area contributed by atoms with Crippen molar-refractivity contribution in [2.24, 2.45) is 0 Å². The first kappa shape index (κ1) is 18.1. The molecule has 26 heavy (non-hydrogen) atoms. The van der Waals surface area contributed by atoms with Crippen LogP contribution in [0.1, 0.15) is 32.0 Å². The van der Waals surface area contributed by atoms with Gasteiger partial charge in [0, 0.05) is 23.0 Å². The molecule has 0 saturated carbocycles. The van der Waals surface area contributed by atoms with E-state index in [1.54, 1.807) is 27.9 Å². The van der Waals surface area contributed by atoms with Crippen molar-refractivity contribution < 1.29 is 23.8 Å². The third-order valence-electron chi connectivity index (χ3n) is 4.41. The van der Waals surface area contributed by atoms with Gasteiger partial charge in [-0.2, -0.15) is 0 Å². The average Bonchev–Trinajstić information content (AvgIpc) is 2.95. The molecule has 0 bridgehead atoms. The summed E-state index contributed by atoms with van der Waals surface area (Å²) in [6, 6.07) is 5.00. The Kier molecular flexibility index (Phi) is 4.56. The highest BCUT2D eigenvalue weighted by atomic mass is 16.6. The van der Waals surface area contributed by atoms with Gasteiger partial charge in [-0.25, -0.2) is 9.59 Å². The predicted molar refractivity (Wildman–Crippen MR) is 96.1 cm³/mol. The molecular formula is C19H24N2O5. The van der Waals surface area contributed by atoms with Crippen molar-refractivity contribution in [1.29, 1.82) is 0 Å². The molecule has 0 saturated heterocycles. The number of nitrogens with one attached hydrogen (secondary N) is 1. The highest BCUT2D eigenvalue weighted by molar-refractivity contribution is 5.89. The lowest BCUT2D eigenvalue weighted by atomic mass is 9.97. The Labute approximate surface area is 152 Å².